The van der Waals surface area contributed by atoms with E-state index in [2.05, 4.69) is 45.0 Å². The van der Waals surface area contributed by atoms with Gasteiger partial charge in [-0.1, -0.05) is 50.5 Å². The van der Waals surface area contributed by atoms with Gasteiger partial charge in [0, 0.05) is 0 Å². The van der Waals surface area contributed by atoms with E-state index >= 15 is 0 Å². The zero-order chi connectivity index (χ0) is 12.0. The molecule has 0 fully saturated rings. The molecule has 0 aromatic heterocycles. The van der Waals surface area contributed by atoms with Gasteiger partial charge in [-0.2, -0.15) is 0 Å². The highest BCUT2D eigenvalue weighted by Crippen LogP contribution is 2.31. The van der Waals surface area contributed by atoms with Gasteiger partial charge >= 0.3 is 0 Å². The first-order valence-electron chi connectivity index (χ1n) is 6.33. The standard InChI is InChI=1S/C15H23Cl/c1-4-5-6-7-10-13-11-8-9-12-14(13)15(2,3)16/h8-9,11-12H,4-7,10H2,1-3H3. The van der Waals surface area contributed by atoms with Crippen LogP contribution in [-0.4, -0.2) is 0 Å². The molecule has 0 heterocycles. The van der Waals surface area contributed by atoms with Gasteiger partial charge in [-0.15, -0.1) is 11.6 Å². The topological polar surface area (TPSA) is 0 Å². The third kappa shape index (κ3) is 4.17. The number of aryl methyl sites for hydroxylation is 1. The smallest absolute Gasteiger partial charge is 0.0641 e. The van der Waals surface area contributed by atoms with Crippen LogP contribution in [-0.2, 0) is 11.3 Å². The van der Waals surface area contributed by atoms with E-state index in [1.54, 1.807) is 0 Å². The highest BCUT2D eigenvalue weighted by Gasteiger charge is 2.19. The summed E-state index contributed by atoms with van der Waals surface area (Å²) in [6.07, 6.45) is 6.40. The van der Waals surface area contributed by atoms with E-state index in [0.29, 0.717) is 0 Å². The molecular weight excluding hydrogens is 216 g/mol. The average Bonchev–Trinajstić information content (AvgIpc) is 2.24. The van der Waals surface area contributed by atoms with Crippen molar-refractivity contribution < 1.29 is 0 Å². The predicted octanol–water partition coefficient (Wildman–Crippen LogP) is 5.28. The van der Waals surface area contributed by atoms with E-state index in [0.717, 1.165) is 6.42 Å². The van der Waals surface area contributed by atoms with Crippen LogP contribution < -0.4 is 0 Å². The third-order valence-corrected chi connectivity index (χ3v) is 3.16. The Labute approximate surface area is 105 Å². The number of hydrogen-bond acceptors (Lipinski definition) is 0. The summed E-state index contributed by atoms with van der Waals surface area (Å²) in [5, 5.41) is 0. The van der Waals surface area contributed by atoms with Crippen LogP contribution in [0.15, 0.2) is 24.3 Å². The van der Waals surface area contributed by atoms with Crippen molar-refractivity contribution in [3.63, 3.8) is 0 Å². The maximum Gasteiger partial charge on any atom is 0.0641 e. The van der Waals surface area contributed by atoms with Gasteiger partial charge in [0.1, 0.15) is 0 Å². The van der Waals surface area contributed by atoms with Crippen molar-refractivity contribution in [2.24, 2.45) is 0 Å². The lowest BCUT2D eigenvalue weighted by Gasteiger charge is -2.20. The minimum atomic E-state index is -0.249. The minimum absolute atomic E-state index is 0.249. The van der Waals surface area contributed by atoms with Crippen LogP contribution in [0, 0.1) is 0 Å². The minimum Gasteiger partial charge on any atom is -0.115 e. The van der Waals surface area contributed by atoms with Crippen LogP contribution in [0.5, 0.6) is 0 Å². The second-order valence-electron chi connectivity index (χ2n) is 4.94. The van der Waals surface area contributed by atoms with E-state index in [1.807, 2.05) is 0 Å². The summed E-state index contributed by atoms with van der Waals surface area (Å²) in [6.45, 7) is 6.38. The number of hydrogen-bond donors (Lipinski definition) is 0. The molecule has 0 aliphatic rings. The lowest BCUT2D eigenvalue weighted by atomic mass is 9.93. The van der Waals surface area contributed by atoms with E-state index in [-0.39, 0.29) is 4.87 Å². The van der Waals surface area contributed by atoms with Crippen LogP contribution in [0.25, 0.3) is 0 Å². The van der Waals surface area contributed by atoms with Crippen molar-refractivity contribution in [2.45, 2.75) is 57.7 Å². The summed E-state index contributed by atoms with van der Waals surface area (Å²) < 4.78 is 0. The molecular formula is C15H23Cl. The molecule has 16 heavy (non-hydrogen) atoms. The van der Waals surface area contributed by atoms with Gasteiger partial charge in [0.25, 0.3) is 0 Å². The summed E-state index contributed by atoms with van der Waals surface area (Å²) in [6, 6.07) is 8.56. The first-order chi connectivity index (χ1) is 7.55. The number of benzene rings is 1. The Bertz CT molecular complexity index is 309. The fourth-order valence-electron chi connectivity index (χ4n) is 2.06. The molecule has 0 aliphatic carbocycles. The summed E-state index contributed by atoms with van der Waals surface area (Å²) in [4.78, 5) is -0.249. The molecule has 0 aliphatic heterocycles. The van der Waals surface area contributed by atoms with Crippen molar-refractivity contribution in [1.82, 2.24) is 0 Å². The Morgan fingerprint density at radius 2 is 1.75 bits per heavy atom. The van der Waals surface area contributed by atoms with Crippen LogP contribution in [0.1, 0.15) is 57.6 Å². The lowest BCUT2D eigenvalue weighted by Crippen LogP contribution is -2.10. The highest BCUT2D eigenvalue weighted by atomic mass is 35.5. The van der Waals surface area contributed by atoms with Crippen LogP contribution in [0.3, 0.4) is 0 Å². The molecule has 1 aromatic rings. The Hall–Kier alpha value is -0.490. The highest BCUT2D eigenvalue weighted by molar-refractivity contribution is 6.23. The van der Waals surface area contributed by atoms with Gasteiger partial charge in [-0.25, -0.2) is 0 Å². The molecule has 0 radical (unpaired) electrons. The van der Waals surface area contributed by atoms with Crippen molar-refractivity contribution in [3.05, 3.63) is 35.4 Å². The zero-order valence-corrected chi connectivity index (χ0v) is 11.5. The summed E-state index contributed by atoms with van der Waals surface area (Å²) >= 11 is 6.40. The molecule has 0 amide bonds. The fourth-order valence-corrected chi connectivity index (χ4v) is 2.24. The largest absolute Gasteiger partial charge is 0.115 e. The van der Waals surface area contributed by atoms with Crippen LogP contribution in [0.2, 0.25) is 0 Å². The molecule has 1 aromatic carbocycles. The van der Waals surface area contributed by atoms with Gasteiger partial charge < -0.3 is 0 Å². The summed E-state index contributed by atoms with van der Waals surface area (Å²) in [5.41, 5.74) is 2.70. The van der Waals surface area contributed by atoms with E-state index in [1.165, 1.54) is 36.8 Å². The zero-order valence-electron chi connectivity index (χ0n) is 10.7. The van der Waals surface area contributed by atoms with Crippen molar-refractivity contribution in [3.8, 4) is 0 Å². The normalized spacial score (nSPS) is 11.8. The maximum atomic E-state index is 6.40. The summed E-state index contributed by atoms with van der Waals surface area (Å²) in [7, 11) is 0. The SMILES string of the molecule is CCCCCCc1ccccc1C(C)(C)Cl. The second kappa shape index (κ2) is 6.30. The average molecular weight is 239 g/mol. The lowest BCUT2D eigenvalue weighted by molar-refractivity contribution is 0.657. The Morgan fingerprint density at radius 1 is 1.06 bits per heavy atom. The molecule has 1 rings (SSSR count). The van der Waals surface area contributed by atoms with Gasteiger partial charge in [0.15, 0.2) is 0 Å². The maximum absolute atomic E-state index is 6.40. The quantitative estimate of drug-likeness (QED) is 0.467. The number of halogens is 1. The second-order valence-corrected chi connectivity index (χ2v) is 5.89. The van der Waals surface area contributed by atoms with Gasteiger partial charge in [-0.05, 0) is 37.8 Å². The van der Waals surface area contributed by atoms with E-state index < -0.39 is 0 Å². The molecule has 0 N–H and O–H groups in total. The van der Waals surface area contributed by atoms with E-state index in [9.17, 15) is 0 Å². The Kier molecular flexibility index (Phi) is 5.34. The van der Waals surface area contributed by atoms with Crippen LogP contribution >= 0.6 is 11.6 Å². The predicted molar refractivity (Wildman–Crippen MR) is 73.2 cm³/mol. The van der Waals surface area contributed by atoms with Gasteiger partial charge in [0.2, 0.25) is 0 Å². The summed E-state index contributed by atoms with van der Waals surface area (Å²) in [5.74, 6) is 0. The molecule has 1 heteroatoms. The van der Waals surface area contributed by atoms with Crippen molar-refractivity contribution >= 4 is 11.6 Å². The number of unbranched alkanes of at least 4 members (excludes halogenated alkanes) is 3. The molecule has 0 bridgehead atoms. The molecule has 0 saturated heterocycles. The Morgan fingerprint density at radius 3 is 2.38 bits per heavy atom. The molecule has 0 unspecified atom stereocenters. The Balaban J connectivity index is 2.65. The third-order valence-electron chi connectivity index (χ3n) is 2.96. The first-order valence-corrected chi connectivity index (χ1v) is 6.70. The molecule has 0 atom stereocenters. The number of alkyl halides is 1. The van der Waals surface area contributed by atoms with E-state index in [4.69, 9.17) is 11.6 Å². The fraction of sp³-hybridized carbons (Fsp3) is 0.600. The molecule has 90 valence electrons. The van der Waals surface area contributed by atoms with Crippen molar-refractivity contribution in [1.29, 1.82) is 0 Å². The number of rotatable bonds is 6. The molecule has 0 saturated carbocycles. The van der Waals surface area contributed by atoms with Gasteiger partial charge in [-0.3, -0.25) is 0 Å². The molecule has 0 spiro atoms. The van der Waals surface area contributed by atoms with Crippen molar-refractivity contribution in [2.75, 3.05) is 0 Å². The monoisotopic (exact) mass is 238 g/mol. The molecule has 0 nitrogen and oxygen atoms in total. The van der Waals surface area contributed by atoms with Gasteiger partial charge in [0.05, 0.1) is 4.87 Å². The van der Waals surface area contributed by atoms with Crippen LogP contribution in [0.4, 0.5) is 0 Å². The first kappa shape index (κ1) is 13.6.